The summed E-state index contributed by atoms with van der Waals surface area (Å²) in [4.78, 5) is 11.2. The molecule has 0 atom stereocenters. The number of carboxylic acids is 1. The van der Waals surface area contributed by atoms with Crippen molar-refractivity contribution in [2.24, 2.45) is 0 Å². The summed E-state index contributed by atoms with van der Waals surface area (Å²) in [6.45, 7) is 3.64. The number of carboxylic acid groups (broad SMARTS) is 1. The summed E-state index contributed by atoms with van der Waals surface area (Å²) in [6, 6.07) is 5.67. The van der Waals surface area contributed by atoms with Crippen molar-refractivity contribution in [2.45, 2.75) is 13.8 Å². The lowest BCUT2D eigenvalue weighted by Gasteiger charge is -2.11. The Hall–Kier alpha value is -2.08. The van der Waals surface area contributed by atoms with Crippen LogP contribution in [0.3, 0.4) is 0 Å². The third kappa shape index (κ3) is 2.68. The SMILES string of the molecule is COc1ccc(C)cc1Nc1snc(C)c1C(=O)O. The highest BCUT2D eigenvalue weighted by Gasteiger charge is 2.18. The summed E-state index contributed by atoms with van der Waals surface area (Å²) in [5, 5.41) is 12.8. The average Bonchev–Trinajstić information content (AvgIpc) is 2.71. The first-order valence-corrected chi connectivity index (χ1v) is 6.41. The zero-order chi connectivity index (χ0) is 14.0. The van der Waals surface area contributed by atoms with E-state index in [4.69, 9.17) is 4.74 Å². The summed E-state index contributed by atoms with van der Waals surface area (Å²) in [5.41, 5.74) is 2.50. The smallest absolute Gasteiger partial charge is 0.340 e. The van der Waals surface area contributed by atoms with Crippen molar-refractivity contribution < 1.29 is 14.6 Å². The highest BCUT2D eigenvalue weighted by Crippen LogP contribution is 2.33. The minimum Gasteiger partial charge on any atom is -0.495 e. The number of hydrogen-bond acceptors (Lipinski definition) is 5. The van der Waals surface area contributed by atoms with Crippen LogP contribution in [0.25, 0.3) is 0 Å². The number of hydrogen-bond donors (Lipinski definition) is 2. The Labute approximate surface area is 115 Å². The molecule has 5 nitrogen and oxygen atoms in total. The predicted molar refractivity (Wildman–Crippen MR) is 74.8 cm³/mol. The first-order chi connectivity index (χ1) is 9.02. The van der Waals surface area contributed by atoms with E-state index in [9.17, 15) is 9.90 Å². The van der Waals surface area contributed by atoms with Gasteiger partial charge < -0.3 is 15.2 Å². The summed E-state index contributed by atoms with van der Waals surface area (Å²) in [6.07, 6.45) is 0. The maximum atomic E-state index is 11.2. The molecular formula is C13H14N2O3S. The van der Waals surface area contributed by atoms with Crippen LogP contribution in [0.2, 0.25) is 0 Å². The molecule has 19 heavy (non-hydrogen) atoms. The Morgan fingerprint density at radius 3 is 2.79 bits per heavy atom. The minimum atomic E-state index is -0.986. The fourth-order valence-electron chi connectivity index (χ4n) is 1.75. The number of ether oxygens (including phenoxy) is 1. The topological polar surface area (TPSA) is 71.5 Å². The molecule has 1 aromatic heterocycles. The standard InChI is InChI=1S/C13H14N2O3S/c1-7-4-5-10(18-3)9(6-7)14-12-11(13(16)17)8(2)15-19-12/h4-6,14H,1-3H3,(H,16,17). The first kappa shape index (κ1) is 13.4. The molecule has 6 heteroatoms. The summed E-state index contributed by atoms with van der Waals surface area (Å²) in [5.74, 6) is -0.326. The van der Waals surface area contributed by atoms with Crippen molar-refractivity contribution >= 4 is 28.2 Å². The van der Waals surface area contributed by atoms with E-state index in [1.807, 2.05) is 25.1 Å². The lowest BCUT2D eigenvalue weighted by molar-refractivity contribution is 0.0697. The Bertz CT molecular complexity index is 622. The van der Waals surface area contributed by atoms with Gasteiger partial charge in [-0.2, -0.15) is 4.37 Å². The molecule has 0 radical (unpaired) electrons. The van der Waals surface area contributed by atoms with Crippen molar-refractivity contribution in [3.8, 4) is 5.75 Å². The summed E-state index contributed by atoms with van der Waals surface area (Å²) < 4.78 is 9.32. The Morgan fingerprint density at radius 2 is 2.16 bits per heavy atom. The molecule has 0 amide bonds. The molecule has 0 fully saturated rings. The van der Waals surface area contributed by atoms with Gasteiger partial charge in [-0.25, -0.2) is 4.79 Å². The van der Waals surface area contributed by atoms with Crippen LogP contribution in [-0.4, -0.2) is 22.6 Å². The van der Waals surface area contributed by atoms with Crippen LogP contribution < -0.4 is 10.1 Å². The quantitative estimate of drug-likeness (QED) is 0.898. The monoisotopic (exact) mass is 278 g/mol. The van der Waals surface area contributed by atoms with E-state index >= 15 is 0 Å². The van der Waals surface area contributed by atoms with Crippen molar-refractivity contribution in [2.75, 3.05) is 12.4 Å². The van der Waals surface area contributed by atoms with Gasteiger partial charge in [0.15, 0.2) is 0 Å². The van der Waals surface area contributed by atoms with Gasteiger partial charge >= 0.3 is 5.97 Å². The van der Waals surface area contributed by atoms with Gasteiger partial charge in [0, 0.05) is 0 Å². The van der Waals surface area contributed by atoms with Gasteiger partial charge in [-0.05, 0) is 43.1 Å². The highest BCUT2D eigenvalue weighted by molar-refractivity contribution is 7.10. The molecule has 0 spiro atoms. The lowest BCUT2D eigenvalue weighted by atomic mass is 10.2. The fraction of sp³-hybridized carbons (Fsp3) is 0.231. The van der Waals surface area contributed by atoms with Gasteiger partial charge in [-0.1, -0.05) is 6.07 Å². The summed E-state index contributed by atoms with van der Waals surface area (Å²) in [7, 11) is 1.58. The average molecular weight is 278 g/mol. The second-order valence-corrected chi connectivity index (χ2v) is 4.88. The molecule has 0 saturated heterocycles. The lowest BCUT2D eigenvalue weighted by Crippen LogP contribution is -2.02. The third-order valence-electron chi connectivity index (χ3n) is 2.68. The predicted octanol–water partition coefficient (Wildman–Crippen LogP) is 3.21. The summed E-state index contributed by atoms with van der Waals surface area (Å²) >= 11 is 1.13. The van der Waals surface area contributed by atoms with Crippen LogP contribution in [0.4, 0.5) is 10.7 Å². The molecule has 0 aliphatic rings. The van der Waals surface area contributed by atoms with Crippen molar-refractivity contribution in [3.63, 3.8) is 0 Å². The molecule has 0 unspecified atom stereocenters. The Kier molecular flexibility index (Phi) is 3.71. The van der Waals surface area contributed by atoms with Crippen LogP contribution in [0.5, 0.6) is 5.75 Å². The van der Waals surface area contributed by atoms with E-state index < -0.39 is 5.97 Å². The zero-order valence-corrected chi connectivity index (χ0v) is 11.7. The third-order valence-corrected chi connectivity index (χ3v) is 3.53. The van der Waals surface area contributed by atoms with Crippen molar-refractivity contribution in [3.05, 3.63) is 35.0 Å². The van der Waals surface area contributed by atoms with Gasteiger partial charge in [0.25, 0.3) is 0 Å². The molecule has 1 heterocycles. The number of aromatic nitrogens is 1. The van der Waals surface area contributed by atoms with Gasteiger partial charge in [0.05, 0.1) is 18.5 Å². The molecule has 0 saturated carbocycles. The molecule has 2 N–H and O–H groups in total. The minimum absolute atomic E-state index is 0.202. The molecule has 0 aliphatic carbocycles. The van der Waals surface area contributed by atoms with E-state index in [0.717, 1.165) is 22.8 Å². The number of nitrogens with zero attached hydrogens (tertiary/aromatic N) is 1. The molecule has 0 bridgehead atoms. The van der Waals surface area contributed by atoms with E-state index in [1.54, 1.807) is 14.0 Å². The largest absolute Gasteiger partial charge is 0.495 e. The number of carbonyl (C=O) groups is 1. The number of aromatic carboxylic acids is 1. The number of rotatable bonds is 4. The normalized spacial score (nSPS) is 10.3. The van der Waals surface area contributed by atoms with E-state index in [0.29, 0.717) is 16.4 Å². The van der Waals surface area contributed by atoms with Gasteiger partial charge in [-0.15, -0.1) is 0 Å². The first-order valence-electron chi connectivity index (χ1n) is 5.64. The van der Waals surface area contributed by atoms with Gasteiger partial charge in [0.2, 0.25) is 0 Å². The number of nitrogens with one attached hydrogen (secondary N) is 1. The van der Waals surface area contributed by atoms with Gasteiger partial charge in [0.1, 0.15) is 16.3 Å². The Morgan fingerprint density at radius 1 is 1.42 bits per heavy atom. The number of benzene rings is 1. The molecule has 1 aromatic carbocycles. The van der Waals surface area contributed by atoms with Crippen molar-refractivity contribution in [1.29, 1.82) is 0 Å². The van der Waals surface area contributed by atoms with Crippen LogP contribution in [0.1, 0.15) is 21.6 Å². The molecule has 2 aromatic rings. The van der Waals surface area contributed by atoms with Crippen LogP contribution in [0, 0.1) is 13.8 Å². The van der Waals surface area contributed by atoms with E-state index in [2.05, 4.69) is 9.69 Å². The maximum absolute atomic E-state index is 11.2. The molecular weight excluding hydrogens is 264 g/mol. The molecule has 2 rings (SSSR count). The molecule has 0 aliphatic heterocycles. The maximum Gasteiger partial charge on any atom is 0.340 e. The second kappa shape index (κ2) is 5.27. The van der Waals surface area contributed by atoms with Crippen LogP contribution in [-0.2, 0) is 0 Å². The Balaban J connectivity index is 2.41. The van der Waals surface area contributed by atoms with E-state index in [1.165, 1.54) is 0 Å². The van der Waals surface area contributed by atoms with Crippen LogP contribution >= 0.6 is 11.5 Å². The van der Waals surface area contributed by atoms with Crippen molar-refractivity contribution in [1.82, 2.24) is 4.37 Å². The number of methoxy groups -OCH3 is 1. The zero-order valence-electron chi connectivity index (χ0n) is 10.9. The number of anilines is 2. The molecule has 100 valence electrons. The van der Waals surface area contributed by atoms with Gasteiger partial charge in [-0.3, -0.25) is 0 Å². The fourth-order valence-corrected chi connectivity index (χ4v) is 2.55. The van der Waals surface area contributed by atoms with E-state index in [-0.39, 0.29) is 5.56 Å². The van der Waals surface area contributed by atoms with Crippen LogP contribution in [0.15, 0.2) is 18.2 Å². The highest BCUT2D eigenvalue weighted by atomic mass is 32.1. The second-order valence-electron chi connectivity index (χ2n) is 4.11. The number of aryl methyl sites for hydroxylation is 2.